The van der Waals surface area contributed by atoms with Crippen LogP contribution in [0.15, 0.2) is 34.2 Å². The predicted octanol–water partition coefficient (Wildman–Crippen LogP) is 1.94. The first-order valence-corrected chi connectivity index (χ1v) is 8.46. The number of pyridine rings is 1. The molecule has 3 heterocycles. The molecule has 3 rings (SSSR count). The molecule has 2 aromatic heterocycles. The number of nitrogens with zero attached hydrogens (tertiary/aromatic N) is 4. The van der Waals surface area contributed by atoms with E-state index in [4.69, 9.17) is 9.15 Å². The molecule has 0 atom stereocenters. The first kappa shape index (κ1) is 15.8. The number of aryl methyl sites for hydroxylation is 1. The van der Waals surface area contributed by atoms with E-state index >= 15 is 0 Å². The number of rotatable bonds is 5. The molecular formula is C15H18N4O3S. The Hall–Kier alpha value is -2.09. The highest BCUT2D eigenvalue weighted by Crippen LogP contribution is 2.20. The zero-order valence-corrected chi connectivity index (χ0v) is 13.7. The second kappa shape index (κ2) is 7.45. The standard InChI is InChI=1S/C15H18N4O3S/c1-11-17-18-15(21-11)23-10-14(20)19-8-4-13(5-9-19)22-12-2-6-16-7-3-12/h2-3,6-7,13H,4-5,8-10H2,1H3. The van der Waals surface area contributed by atoms with Crippen molar-refractivity contribution in [3.05, 3.63) is 30.4 Å². The Morgan fingerprint density at radius 2 is 2.09 bits per heavy atom. The second-order valence-electron chi connectivity index (χ2n) is 5.26. The van der Waals surface area contributed by atoms with E-state index in [1.165, 1.54) is 11.8 Å². The zero-order chi connectivity index (χ0) is 16.1. The highest BCUT2D eigenvalue weighted by Gasteiger charge is 2.24. The van der Waals surface area contributed by atoms with Crippen LogP contribution < -0.4 is 4.74 Å². The number of carbonyl (C=O) groups excluding carboxylic acids is 1. The fourth-order valence-electron chi connectivity index (χ4n) is 2.38. The number of thioether (sulfide) groups is 1. The molecule has 0 unspecified atom stereocenters. The summed E-state index contributed by atoms with van der Waals surface area (Å²) in [7, 11) is 0. The number of hydrogen-bond acceptors (Lipinski definition) is 7. The van der Waals surface area contributed by atoms with Crippen molar-refractivity contribution in [2.75, 3.05) is 18.8 Å². The number of amides is 1. The summed E-state index contributed by atoms with van der Waals surface area (Å²) in [5.74, 6) is 1.74. The molecule has 0 radical (unpaired) electrons. The Labute approximate surface area is 138 Å². The molecule has 0 saturated carbocycles. The van der Waals surface area contributed by atoms with E-state index in [1.807, 2.05) is 17.0 Å². The van der Waals surface area contributed by atoms with Gasteiger partial charge in [0.1, 0.15) is 11.9 Å². The van der Waals surface area contributed by atoms with Crippen molar-refractivity contribution in [2.45, 2.75) is 31.1 Å². The van der Waals surface area contributed by atoms with E-state index in [1.54, 1.807) is 19.3 Å². The molecule has 2 aromatic rings. The summed E-state index contributed by atoms with van der Waals surface area (Å²) in [6.45, 7) is 3.14. The number of aromatic nitrogens is 3. The first-order valence-electron chi connectivity index (χ1n) is 7.48. The van der Waals surface area contributed by atoms with Crippen LogP contribution in [-0.2, 0) is 4.79 Å². The summed E-state index contributed by atoms with van der Waals surface area (Å²) in [4.78, 5) is 18.0. The third-order valence-electron chi connectivity index (χ3n) is 3.57. The van der Waals surface area contributed by atoms with E-state index in [9.17, 15) is 4.79 Å². The molecule has 1 fully saturated rings. The minimum Gasteiger partial charge on any atom is -0.490 e. The van der Waals surface area contributed by atoms with Gasteiger partial charge in [-0.1, -0.05) is 11.8 Å². The molecule has 0 bridgehead atoms. The van der Waals surface area contributed by atoms with Gasteiger partial charge in [-0.3, -0.25) is 9.78 Å². The summed E-state index contributed by atoms with van der Waals surface area (Å²) in [5, 5.41) is 8.05. The molecule has 0 N–H and O–H groups in total. The van der Waals surface area contributed by atoms with Gasteiger partial charge in [0.2, 0.25) is 11.8 Å². The van der Waals surface area contributed by atoms with Crippen LogP contribution in [0.1, 0.15) is 18.7 Å². The van der Waals surface area contributed by atoms with Crippen molar-refractivity contribution in [3.63, 3.8) is 0 Å². The number of piperidine rings is 1. The Bertz CT molecular complexity index is 641. The Morgan fingerprint density at radius 1 is 1.35 bits per heavy atom. The van der Waals surface area contributed by atoms with Gasteiger partial charge in [0.25, 0.3) is 5.22 Å². The third-order valence-corrected chi connectivity index (χ3v) is 4.38. The van der Waals surface area contributed by atoms with Gasteiger partial charge < -0.3 is 14.1 Å². The average Bonchev–Trinajstić information content (AvgIpc) is 3.00. The Kier molecular flexibility index (Phi) is 5.12. The van der Waals surface area contributed by atoms with Gasteiger partial charge in [-0.2, -0.15) is 0 Å². The quantitative estimate of drug-likeness (QED) is 0.773. The number of carbonyl (C=O) groups is 1. The monoisotopic (exact) mass is 334 g/mol. The topological polar surface area (TPSA) is 81.4 Å². The minimum atomic E-state index is 0.0909. The number of likely N-dealkylation sites (tertiary alicyclic amines) is 1. The largest absolute Gasteiger partial charge is 0.490 e. The normalized spacial score (nSPS) is 15.6. The van der Waals surface area contributed by atoms with Crippen molar-refractivity contribution < 1.29 is 13.9 Å². The molecule has 7 nitrogen and oxygen atoms in total. The van der Waals surface area contributed by atoms with Gasteiger partial charge in [0.05, 0.1) is 5.75 Å². The molecule has 1 aliphatic heterocycles. The lowest BCUT2D eigenvalue weighted by Gasteiger charge is -2.32. The summed E-state index contributed by atoms with van der Waals surface area (Å²) < 4.78 is 11.1. The molecule has 0 spiro atoms. The van der Waals surface area contributed by atoms with Gasteiger partial charge in [-0.05, 0) is 12.1 Å². The van der Waals surface area contributed by atoms with Crippen LogP contribution >= 0.6 is 11.8 Å². The van der Waals surface area contributed by atoms with E-state index in [0.717, 1.165) is 18.6 Å². The van der Waals surface area contributed by atoms with Crippen molar-refractivity contribution >= 4 is 17.7 Å². The van der Waals surface area contributed by atoms with Gasteiger partial charge in [-0.25, -0.2) is 0 Å². The Balaban J connectivity index is 1.42. The predicted molar refractivity (Wildman–Crippen MR) is 84.2 cm³/mol. The van der Waals surface area contributed by atoms with Crippen LogP contribution in [0.3, 0.4) is 0 Å². The first-order chi connectivity index (χ1) is 11.2. The van der Waals surface area contributed by atoms with Crippen molar-refractivity contribution in [2.24, 2.45) is 0 Å². The van der Waals surface area contributed by atoms with Gasteiger partial charge in [0, 0.05) is 45.2 Å². The van der Waals surface area contributed by atoms with Crippen LogP contribution in [-0.4, -0.2) is 50.9 Å². The lowest BCUT2D eigenvalue weighted by Crippen LogP contribution is -2.42. The van der Waals surface area contributed by atoms with Crippen molar-refractivity contribution in [3.8, 4) is 5.75 Å². The van der Waals surface area contributed by atoms with Crippen LogP contribution in [0.25, 0.3) is 0 Å². The van der Waals surface area contributed by atoms with Gasteiger partial charge >= 0.3 is 0 Å². The zero-order valence-electron chi connectivity index (χ0n) is 12.8. The van der Waals surface area contributed by atoms with Crippen LogP contribution in [0.5, 0.6) is 5.75 Å². The van der Waals surface area contributed by atoms with Crippen molar-refractivity contribution in [1.82, 2.24) is 20.1 Å². The molecule has 0 aromatic carbocycles. The Morgan fingerprint density at radius 3 is 2.74 bits per heavy atom. The minimum absolute atomic E-state index is 0.0909. The van der Waals surface area contributed by atoms with E-state index < -0.39 is 0 Å². The summed E-state index contributed by atoms with van der Waals surface area (Å²) in [5.41, 5.74) is 0. The number of ether oxygens (including phenoxy) is 1. The molecule has 1 amide bonds. The maximum Gasteiger partial charge on any atom is 0.277 e. The molecular weight excluding hydrogens is 316 g/mol. The van der Waals surface area contributed by atoms with E-state index in [0.29, 0.717) is 30.0 Å². The van der Waals surface area contributed by atoms with Crippen LogP contribution in [0.4, 0.5) is 0 Å². The van der Waals surface area contributed by atoms with Crippen molar-refractivity contribution in [1.29, 1.82) is 0 Å². The fraction of sp³-hybridized carbons (Fsp3) is 0.467. The fourth-order valence-corrected chi connectivity index (χ4v) is 3.09. The van der Waals surface area contributed by atoms with Crippen LogP contribution in [0.2, 0.25) is 0 Å². The lowest BCUT2D eigenvalue weighted by atomic mass is 10.1. The third kappa shape index (κ3) is 4.44. The highest BCUT2D eigenvalue weighted by atomic mass is 32.2. The smallest absolute Gasteiger partial charge is 0.277 e. The molecule has 1 saturated heterocycles. The van der Waals surface area contributed by atoms with Gasteiger partial charge in [-0.15, -0.1) is 10.2 Å². The lowest BCUT2D eigenvalue weighted by molar-refractivity contribution is -0.130. The molecule has 8 heteroatoms. The highest BCUT2D eigenvalue weighted by molar-refractivity contribution is 7.99. The second-order valence-corrected chi connectivity index (χ2v) is 6.18. The molecule has 1 aliphatic rings. The van der Waals surface area contributed by atoms with E-state index in [-0.39, 0.29) is 12.0 Å². The maximum atomic E-state index is 12.2. The molecule has 122 valence electrons. The average molecular weight is 334 g/mol. The molecule has 0 aliphatic carbocycles. The summed E-state index contributed by atoms with van der Waals surface area (Å²) in [6.07, 6.45) is 5.24. The SMILES string of the molecule is Cc1nnc(SCC(=O)N2CCC(Oc3ccncc3)CC2)o1. The molecule has 23 heavy (non-hydrogen) atoms. The maximum absolute atomic E-state index is 12.2. The van der Waals surface area contributed by atoms with Crippen LogP contribution in [0, 0.1) is 6.92 Å². The summed E-state index contributed by atoms with van der Waals surface area (Å²) >= 11 is 1.28. The number of hydrogen-bond donors (Lipinski definition) is 0. The van der Waals surface area contributed by atoms with Gasteiger partial charge in [0.15, 0.2) is 0 Å². The van der Waals surface area contributed by atoms with E-state index in [2.05, 4.69) is 15.2 Å². The summed E-state index contributed by atoms with van der Waals surface area (Å²) in [6, 6.07) is 3.70.